The first-order valence-electron chi connectivity index (χ1n) is 6.56. The Balaban J connectivity index is 2.33. The Morgan fingerprint density at radius 1 is 0.810 bits per heavy atom. The standard InChI is InChI=1S/C18H12F2O/c1-11(21)12-6-8-18(20)16(10-12)14-7-9-17(19)15-5-3-2-4-13(14)15/h2-10H,1H3. The average molecular weight is 282 g/mol. The van der Waals surface area contributed by atoms with Crippen molar-refractivity contribution >= 4 is 16.6 Å². The Hall–Kier alpha value is -2.55. The van der Waals surface area contributed by atoms with E-state index in [9.17, 15) is 13.6 Å². The first kappa shape index (κ1) is 13.4. The highest BCUT2D eigenvalue weighted by molar-refractivity contribution is 6.00. The summed E-state index contributed by atoms with van der Waals surface area (Å²) in [7, 11) is 0. The third-order valence-corrected chi connectivity index (χ3v) is 3.53. The number of benzene rings is 3. The molecule has 0 atom stereocenters. The molecule has 104 valence electrons. The van der Waals surface area contributed by atoms with E-state index in [2.05, 4.69) is 0 Å². The van der Waals surface area contributed by atoms with Gasteiger partial charge in [0.25, 0.3) is 0 Å². The molecule has 0 fully saturated rings. The van der Waals surface area contributed by atoms with Gasteiger partial charge in [0, 0.05) is 16.5 Å². The highest BCUT2D eigenvalue weighted by Gasteiger charge is 2.13. The number of rotatable bonds is 2. The van der Waals surface area contributed by atoms with Crippen molar-refractivity contribution in [2.75, 3.05) is 0 Å². The maximum Gasteiger partial charge on any atom is 0.159 e. The van der Waals surface area contributed by atoms with Gasteiger partial charge in [0.15, 0.2) is 5.78 Å². The molecule has 0 unspecified atom stereocenters. The molecule has 0 aromatic heterocycles. The van der Waals surface area contributed by atoms with Crippen LogP contribution in [0.25, 0.3) is 21.9 Å². The van der Waals surface area contributed by atoms with Crippen LogP contribution >= 0.6 is 0 Å². The molecule has 0 bridgehead atoms. The molecule has 0 N–H and O–H groups in total. The van der Waals surface area contributed by atoms with Gasteiger partial charge in [-0.1, -0.05) is 30.3 Å². The highest BCUT2D eigenvalue weighted by Crippen LogP contribution is 2.32. The molecule has 0 aliphatic carbocycles. The molecule has 3 rings (SSSR count). The molecule has 3 aromatic carbocycles. The first-order chi connectivity index (χ1) is 10.1. The lowest BCUT2D eigenvalue weighted by Crippen LogP contribution is -1.95. The first-order valence-corrected chi connectivity index (χ1v) is 6.56. The number of carbonyl (C=O) groups excluding carboxylic acids is 1. The fraction of sp³-hybridized carbons (Fsp3) is 0.0556. The Kier molecular flexibility index (Phi) is 3.26. The van der Waals surface area contributed by atoms with Crippen LogP contribution in [0.3, 0.4) is 0 Å². The van der Waals surface area contributed by atoms with E-state index in [0.29, 0.717) is 27.5 Å². The fourth-order valence-corrected chi connectivity index (χ4v) is 2.45. The quantitative estimate of drug-likeness (QED) is 0.605. The monoisotopic (exact) mass is 282 g/mol. The lowest BCUT2D eigenvalue weighted by atomic mass is 9.95. The number of fused-ring (bicyclic) bond motifs is 1. The zero-order valence-corrected chi connectivity index (χ0v) is 11.4. The van der Waals surface area contributed by atoms with E-state index in [1.807, 2.05) is 0 Å². The number of carbonyl (C=O) groups is 1. The van der Waals surface area contributed by atoms with Crippen LogP contribution in [0.5, 0.6) is 0 Å². The predicted octanol–water partition coefficient (Wildman–Crippen LogP) is 4.99. The maximum absolute atomic E-state index is 14.1. The van der Waals surface area contributed by atoms with E-state index in [1.54, 1.807) is 30.3 Å². The minimum Gasteiger partial charge on any atom is -0.295 e. The summed E-state index contributed by atoms with van der Waals surface area (Å²) in [4.78, 5) is 11.5. The normalized spacial score (nSPS) is 10.8. The fourth-order valence-electron chi connectivity index (χ4n) is 2.45. The molecule has 0 spiro atoms. The van der Waals surface area contributed by atoms with Gasteiger partial charge in [-0.05, 0) is 42.1 Å². The van der Waals surface area contributed by atoms with Crippen LogP contribution in [-0.2, 0) is 0 Å². The minimum atomic E-state index is -0.434. The molecular weight excluding hydrogens is 270 g/mol. The molecular formula is C18H12F2O. The molecule has 3 heteroatoms. The summed E-state index contributed by atoms with van der Waals surface area (Å²) in [5.74, 6) is -0.920. The SMILES string of the molecule is CC(=O)c1ccc(F)c(-c2ccc(F)c3ccccc23)c1. The Labute approximate surface area is 120 Å². The largest absolute Gasteiger partial charge is 0.295 e. The summed E-state index contributed by atoms with van der Waals surface area (Å²) in [6.45, 7) is 1.43. The second kappa shape index (κ2) is 5.09. The predicted molar refractivity (Wildman–Crippen MR) is 79.3 cm³/mol. The van der Waals surface area contributed by atoms with Gasteiger partial charge in [-0.25, -0.2) is 8.78 Å². The molecule has 1 nitrogen and oxygen atoms in total. The number of hydrogen-bond acceptors (Lipinski definition) is 1. The van der Waals surface area contributed by atoms with Gasteiger partial charge >= 0.3 is 0 Å². The minimum absolute atomic E-state index is 0.136. The average Bonchev–Trinajstić information content (AvgIpc) is 2.49. The van der Waals surface area contributed by atoms with Gasteiger partial charge in [-0.15, -0.1) is 0 Å². The van der Waals surface area contributed by atoms with Crippen LogP contribution in [0.1, 0.15) is 17.3 Å². The molecule has 3 aromatic rings. The van der Waals surface area contributed by atoms with Crippen molar-refractivity contribution in [3.8, 4) is 11.1 Å². The topological polar surface area (TPSA) is 17.1 Å². The van der Waals surface area contributed by atoms with Gasteiger partial charge in [0.1, 0.15) is 11.6 Å². The van der Waals surface area contributed by atoms with Crippen LogP contribution in [0.15, 0.2) is 54.6 Å². The van der Waals surface area contributed by atoms with Gasteiger partial charge in [-0.2, -0.15) is 0 Å². The van der Waals surface area contributed by atoms with Crippen molar-refractivity contribution in [2.24, 2.45) is 0 Å². The molecule has 0 aliphatic rings. The van der Waals surface area contributed by atoms with Crippen molar-refractivity contribution in [1.29, 1.82) is 0 Å². The second-order valence-electron chi connectivity index (χ2n) is 4.89. The number of hydrogen-bond donors (Lipinski definition) is 0. The van der Waals surface area contributed by atoms with Gasteiger partial charge < -0.3 is 0 Å². The summed E-state index contributed by atoms with van der Waals surface area (Å²) in [6.07, 6.45) is 0. The van der Waals surface area contributed by atoms with Crippen LogP contribution in [-0.4, -0.2) is 5.78 Å². The Bertz CT molecular complexity index is 853. The van der Waals surface area contributed by atoms with E-state index >= 15 is 0 Å². The van der Waals surface area contributed by atoms with Crippen LogP contribution in [0.2, 0.25) is 0 Å². The highest BCUT2D eigenvalue weighted by atomic mass is 19.1. The smallest absolute Gasteiger partial charge is 0.159 e. The molecule has 0 amide bonds. The van der Waals surface area contributed by atoms with Gasteiger partial charge in [-0.3, -0.25) is 4.79 Å². The summed E-state index contributed by atoms with van der Waals surface area (Å²) < 4.78 is 28.0. The summed E-state index contributed by atoms with van der Waals surface area (Å²) in [5.41, 5.74) is 1.31. The lowest BCUT2D eigenvalue weighted by molar-refractivity contribution is 0.101. The van der Waals surface area contributed by atoms with E-state index in [1.165, 1.54) is 31.2 Å². The second-order valence-corrected chi connectivity index (χ2v) is 4.89. The van der Waals surface area contributed by atoms with Crippen molar-refractivity contribution in [1.82, 2.24) is 0 Å². The Morgan fingerprint density at radius 2 is 1.48 bits per heavy atom. The van der Waals surface area contributed by atoms with Crippen molar-refractivity contribution in [3.05, 3.63) is 71.8 Å². The van der Waals surface area contributed by atoms with Gasteiger partial charge in [0.2, 0.25) is 0 Å². The maximum atomic E-state index is 14.1. The van der Waals surface area contributed by atoms with Crippen molar-refractivity contribution in [3.63, 3.8) is 0 Å². The zero-order valence-electron chi connectivity index (χ0n) is 11.4. The van der Waals surface area contributed by atoms with Gasteiger partial charge in [0.05, 0.1) is 0 Å². The molecule has 0 saturated heterocycles. The van der Waals surface area contributed by atoms with Crippen LogP contribution in [0, 0.1) is 11.6 Å². The van der Waals surface area contributed by atoms with Crippen molar-refractivity contribution < 1.29 is 13.6 Å². The molecule has 0 saturated carbocycles. The zero-order chi connectivity index (χ0) is 15.0. The number of ketones is 1. The summed E-state index contributed by atoms with van der Waals surface area (Å²) in [6, 6.07) is 14.0. The lowest BCUT2D eigenvalue weighted by Gasteiger charge is -2.10. The third-order valence-electron chi connectivity index (χ3n) is 3.53. The molecule has 0 aliphatic heterocycles. The number of halogens is 2. The molecule has 0 radical (unpaired) electrons. The summed E-state index contributed by atoms with van der Waals surface area (Å²) >= 11 is 0. The van der Waals surface area contributed by atoms with Crippen molar-refractivity contribution in [2.45, 2.75) is 6.92 Å². The molecule has 0 heterocycles. The Morgan fingerprint density at radius 3 is 2.19 bits per heavy atom. The van der Waals surface area contributed by atoms with Crippen LogP contribution in [0.4, 0.5) is 8.78 Å². The van der Waals surface area contributed by atoms with E-state index in [0.717, 1.165) is 0 Å². The van der Waals surface area contributed by atoms with E-state index in [4.69, 9.17) is 0 Å². The van der Waals surface area contributed by atoms with E-state index < -0.39 is 5.82 Å². The third kappa shape index (κ3) is 2.31. The number of Topliss-reactive ketones (excluding diaryl/α,β-unsaturated/α-hetero) is 1. The van der Waals surface area contributed by atoms with Crippen LogP contribution < -0.4 is 0 Å². The van der Waals surface area contributed by atoms with E-state index in [-0.39, 0.29) is 11.6 Å². The summed E-state index contributed by atoms with van der Waals surface area (Å²) in [5, 5.41) is 1.06. The molecule has 21 heavy (non-hydrogen) atoms.